The second-order valence-corrected chi connectivity index (χ2v) is 4.59. The molecule has 0 bridgehead atoms. The van der Waals surface area contributed by atoms with E-state index in [1.54, 1.807) is 6.92 Å². The van der Waals surface area contributed by atoms with E-state index in [2.05, 4.69) is 5.32 Å². The highest BCUT2D eigenvalue weighted by molar-refractivity contribution is 6.07. The average Bonchev–Trinajstić information content (AvgIpc) is 2.76. The molecule has 3 aromatic rings. The van der Waals surface area contributed by atoms with Crippen molar-refractivity contribution >= 4 is 33.5 Å². The molecule has 0 saturated heterocycles. The Morgan fingerprint density at radius 1 is 1.16 bits per heavy atom. The highest BCUT2D eigenvalue weighted by Gasteiger charge is 2.10. The second kappa shape index (κ2) is 4.40. The van der Waals surface area contributed by atoms with Crippen molar-refractivity contribution < 1.29 is 9.21 Å². The SMILES string of the molecule is C[C@@H](N)C(=O)Nc1ccc2oc3ccccc3c2c1. The van der Waals surface area contributed by atoms with E-state index in [-0.39, 0.29) is 5.91 Å². The Kier molecular flexibility index (Phi) is 2.72. The van der Waals surface area contributed by atoms with Crippen LogP contribution in [0.25, 0.3) is 21.9 Å². The van der Waals surface area contributed by atoms with Gasteiger partial charge in [-0.15, -0.1) is 0 Å². The van der Waals surface area contributed by atoms with Gasteiger partial charge in [0.1, 0.15) is 11.2 Å². The molecule has 1 aromatic heterocycles. The van der Waals surface area contributed by atoms with E-state index in [0.29, 0.717) is 0 Å². The number of carbonyl (C=O) groups is 1. The van der Waals surface area contributed by atoms with Crippen LogP contribution in [0.5, 0.6) is 0 Å². The van der Waals surface area contributed by atoms with Crippen molar-refractivity contribution in [2.45, 2.75) is 13.0 Å². The smallest absolute Gasteiger partial charge is 0.240 e. The van der Waals surface area contributed by atoms with Crippen molar-refractivity contribution in [1.82, 2.24) is 0 Å². The van der Waals surface area contributed by atoms with E-state index in [4.69, 9.17) is 10.2 Å². The Balaban J connectivity index is 2.09. The van der Waals surface area contributed by atoms with Crippen LogP contribution in [0.1, 0.15) is 6.92 Å². The van der Waals surface area contributed by atoms with Crippen molar-refractivity contribution in [2.75, 3.05) is 5.32 Å². The number of amides is 1. The van der Waals surface area contributed by atoms with Gasteiger partial charge in [-0.1, -0.05) is 18.2 Å². The van der Waals surface area contributed by atoms with Crippen molar-refractivity contribution in [3.63, 3.8) is 0 Å². The summed E-state index contributed by atoms with van der Waals surface area (Å²) >= 11 is 0. The number of hydrogen-bond acceptors (Lipinski definition) is 3. The van der Waals surface area contributed by atoms with Crippen molar-refractivity contribution in [1.29, 1.82) is 0 Å². The third kappa shape index (κ3) is 2.06. The van der Waals surface area contributed by atoms with Gasteiger partial charge in [0, 0.05) is 16.5 Å². The van der Waals surface area contributed by atoms with E-state index in [1.165, 1.54) is 0 Å². The zero-order chi connectivity index (χ0) is 13.4. The van der Waals surface area contributed by atoms with Crippen molar-refractivity contribution in [2.24, 2.45) is 5.73 Å². The van der Waals surface area contributed by atoms with Gasteiger partial charge in [-0.3, -0.25) is 4.79 Å². The fourth-order valence-corrected chi connectivity index (χ4v) is 2.06. The molecule has 4 nitrogen and oxygen atoms in total. The molecule has 0 unspecified atom stereocenters. The number of benzene rings is 2. The maximum absolute atomic E-state index is 11.6. The van der Waals surface area contributed by atoms with E-state index in [1.807, 2.05) is 42.5 Å². The zero-order valence-electron chi connectivity index (χ0n) is 10.5. The Labute approximate surface area is 110 Å². The first-order chi connectivity index (χ1) is 9.15. The lowest BCUT2D eigenvalue weighted by atomic mass is 10.1. The number of rotatable bonds is 2. The van der Waals surface area contributed by atoms with E-state index >= 15 is 0 Å². The summed E-state index contributed by atoms with van der Waals surface area (Å²) in [6, 6.07) is 12.9. The van der Waals surface area contributed by atoms with Gasteiger partial charge >= 0.3 is 0 Å². The van der Waals surface area contributed by atoms with E-state index in [0.717, 1.165) is 27.6 Å². The minimum absolute atomic E-state index is 0.202. The first kappa shape index (κ1) is 11.7. The van der Waals surface area contributed by atoms with Gasteiger partial charge in [0.25, 0.3) is 0 Å². The summed E-state index contributed by atoms with van der Waals surface area (Å²) in [5.41, 5.74) is 7.91. The topological polar surface area (TPSA) is 68.3 Å². The van der Waals surface area contributed by atoms with Crippen LogP contribution in [0.3, 0.4) is 0 Å². The monoisotopic (exact) mass is 254 g/mol. The second-order valence-electron chi connectivity index (χ2n) is 4.59. The molecule has 1 amide bonds. The molecule has 0 radical (unpaired) electrons. The minimum Gasteiger partial charge on any atom is -0.456 e. The molecule has 19 heavy (non-hydrogen) atoms. The average molecular weight is 254 g/mol. The summed E-state index contributed by atoms with van der Waals surface area (Å²) in [7, 11) is 0. The van der Waals surface area contributed by atoms with Crippen LogP contribution in [-0.4, -0.2) is 11.9 Å². The third-order valence-corrected chi connectivity index (χ3v) is 3.06. The molecule has 0 aliphatic heterocycles. The van der Waals surface area contributed by atoms with Gasteiger partial charge in [-0.2, -0.15) is 0 Å². The summed E-state index contributed by atoms with van der Waals surface area (Å²) in [6.45, 7) is 1.65. The minimum atomic E-state index is -0.531. The Bertz CT molecular complexity index is 759. The summed E-state index contributed by atoms with van der Waals surface area (Å²) < 4.78 is 5.72. The molecule has 0 fully saturated rings. The zero-order valence-corrected chi connectivity index (χ0v) is 10.5. The molecule has 2 aromatic carbocycles. The molecule has 1 heterocycles. The summed E-state index contributed by atoms with van der Waals surface area (Å²) in [4.78, 5) is 11.6. The lowest BCUT2D eigenvalue weighted by Gasteiger charge is -2.07. The van der Waals surface area contributed by atoms with Gasteiger partial charge in [0.05, 0.1) is 6.04 Å². The highest BCUT2D eigenvalue weighted by Crippen LogP contribution is 2.30. The van der Waals surface area contributed by atoms with E-state index in [9.17, 15) is 4.79 Å². The standard InChI is InChI=1S/C15H14N2O2/c1-9(16)15(18)17-10-6-7-14-12(8-10)11-4-2-3-5-13(11)19-14/h2-9H,16H2,1H3,(H,17,18)/t9-/m1/s1. The highest BCUT2D eigenvalue weighted by atomic mass is 16.3. The molecule has 96 valence electrons. The Hall–Kier alpha value is -2.33. The third-order valence-electron chi connectivity index (χ3n) is 3.06. The maximum atomic E-state index is 11.6. The summed E-state index contributed by atoms with van der Waals surface area (Å²) in [6.07, 6.45) is 0. The number of para-hydroxylation sites is 1. The predicted molar refractivity (Wildman–Crippen MR) is 76.0 cm³/mol. The van der Waals surface area contributed by atoms with Gasteiger partial charge < -0.3 is 15.5 Å². The Morgan fingerprint density at radius 3 is 2.68 bits per heavy atom. The molecular formula is C15H14N2O2. The number of hydrogen-bond donors (Lipinski definition) is 2. The van der Waals surface area contributed by atoms with Crippen molar-refractivity contribution in [3.05, 3.63) is 42.5 Å². The lowest BCUT2D eigenvalue weighted by molar-refractivity contribution is -0.117. The molecule has 3 N–H and O–H groups in total. The quantitative estimate of drug-likeness (QED) is 0.738. The molecule has 3 rings (SSSR count). The normalized spacial score (nSPS) is 12.7. The van der Waals surface area contributed by atoms with Gasteiger partial charge in [-0.05, 0) is 31.2 Å². The summed E-state index contributed by atoms with van der Waals surface area (Å²) in [5.74, 6) is -0.202. The molecule has 1 atom stereocenters. The van der Waals surface area contributed by atoms with Crippen LogP contribution in [0.2, 0.25) is 0 Å². The van der Waals surface area contributed by atoms with Crippen LogP contribution in [0.4, 0.5) is 5.69 Å². The van der Waals surface area contributed by atoms with Gasteiger partial charge in [0.15, 0.2) is 0 Å². The number of fused-ring (bicyclic) bond motifs is 3. The van der Waals surface area contributed by atoms with Gasteiger partial charge in [0.2, 0.25) is 5.91 Å². The number of carbonyl (C=O) groups excluding carboxylic acids is 1. The van der Waals surface area contributed by atoms with Crippen LogP contribution >= 0.6 is 0 Å². The summed E-state index contributed by atoms with van der Waals surface area (Å²) in [5, 5.41) is 4.80. The first-order valence-corrected chi connectivity index (χ1v) is 6.13. The van der Waals surface area contributed by atoms with Gasteiger partial charge in [-0.25, -0.2) is 0 Å². The molecule has 0 saturated carbocycles. The number of anilines is 1. The molecule has 0 aliphatic carbocycles. The van der Waals surface area contributed by atoms with Crippen LogP contribution in [0.15, 0.2) is 46.9 Å². The molecule has 4 heteroatoms. The fraction of sp³-hybridized carbons (Fsp3) is 0.133. The molecular weight excluding hydrogens is 240 g/mol. The van der Waals surface area contributed by atoms with Crippen molar-refractivity contribution in [3.8, 4) is 0 Å². The Morgan fingerprint density at radius 2 is 1.89 bits per heavy atom. The number of nitrogens with one attached hydrogen (secondary N) is 1. The first-order valence-electron chi connectivity index (χ1n) is 6.13. The van der Waals surface area contributed by atoms with Crippen LogP contribution in [-0.2, 0) is 4.79 Å². The molecule has 0 spiro atoms. The number of nitrogens with two attached hydrogens (primary N) is 1. The van der Waals surface area contributed by atoms with Crippen LogP contribution < -0.4 is 11.1 Å². The lowest BCUT2D eigenvalue weighted by Crippen LogP contribution is -2.32. The fourth-order valence-electron chi connectivity index (χ4n) is 2.06. The largest absolute Gasteiger partial charge is 0.456 e. The predicted octanol–water partition coefficient (Wildman–Crippen LogP) is 2.87. The van der Waals surface area contributed by atoms with Crippen LogP contribution in [0, 0.1) is 0 Å². The van der Waals surface area contributed by atoms with E-state index < -0.39 is 6.04 Å². The number of furan rings is 1. The maximum Gasteiger partial charge on any atom is 0.240 e. The molecule has 0 aliphatic rings.